The molecule has 0 radical (unpaired) electrons. The second kappa shape index (κ2) is 8.20. The van der Waals surface area contributed by atoms with Gasteiger partial charge in [0.15, 0.2) is 0 Å². The molecular weight excluding hydrogens is 216 g/mol. The molecule has 0 saturated heterocycles. The summed E-state index contributed by atoms with van der Waals surface area (Å²) in [6.07, 6.45) is 6.83. The largest absolute Gasteiger partial charge is 0.393 e. The first-order valence-electron chi connectivity index (χ1n) is 5.46. The van der Waals surface area contributed by atoms with E-state index in [1.807, 2.05) is 30.4 Å². The fourth-order valence-electron chi connectivity index (χ4n) is 1.28. The van der Waals surface area contributed by atoms with Gasteiger partial charge in [-0.1, -0.05) is 43.0 Å². The number of thioether (sulfide) groups is 1. The fraction of sp³-hybridized carbons (Fsp3) is 0.286. The Balaban J connectivity index is 2.15. The summed E-state index contributed by atoms with van der Waals surface area (Å²) in [5.74, 6) is 0.951. The maximum absolute atomic E-state index is 9.65. The molecular formula is C14H18OS. The van der Waals surface area contributed by atoms with Gasteiger partial charge in [-0.05, 0) is 25.0 Å². The summed E-state index contributed by atoms with van der Waals surface area (Å²) in [6, 6.07) is 10.3. The molecule has 0 saturated carbocycles. The number of hydrogen-bond donors (Lipinski definition) is 1. The van der Waals surface area contributed by atoms with Crippen LogP contribution in [0.3, 0.4) is 0 Å². The van der Waals surface area contributed by atoms with Crippen LogP contribution in [0.25, 0.3) is 0 Å². The lowest BCUT2D eigenvalue weighted by Crippen LogP contribution is -2.05. The minimum Gasteiger partial charge on any atom is -0.393 e. The molecule has 0 aliphatic rings. The summed E-state index contributed by atoms with van der Waals surface area (Å²) in [5, 5.41) is 9.65. The molecule has 0 spiro atoms. The quantitative estimate of drug-likeness (QED) is 0.574. The lowest BCUT2D eigenvalue weighted by Gasteiger charge is -2.07. The van der Waals surface area contributed by atoms with E-state index in [1.54, 1.807) is 17.8 Å². The zero-order valence-corrected chi connectivity index (χ0v) is 10.2. The molecule has 1 aromatic carbocycles. The third kappa shape index (κ3) is 5.79. The van der Waals surface area contributed by atoms with Crippen molar-refractivity contribution in [3.05, 3.63) is 55.1 Å². The highest BCUT2D eigenvalue weighted by Crippen LogP contribution is 2.18. The molecule has 0 bridgehead atoms. The van der Waals surface area contributed by atoms with Crippen molar-refractivity contribution < 1.29 is 5.11 Å². The van der Waals surface area contributed by atoms with Crippen molar-refractivity contribution in [2.45, 2.75) is 23.8 Å². The van der Waals surface area contributed by atoms with Crippen LogP contribution in [0.2, 0.25) is 0 Å². The van der Waals surface area contributed by atoms with Crippen molar-refractivity contribution in [1.82, 2.24) is 0 Å². The summed E-state index contributed by atoms with van der Waals surface area (Å²) in [7, 11) is 0. The molecule has 86 valence electrons. The second-order valence-electron chi connectivity index (χ2n) is 3.50. The molecule has 16 heavy (non-hydrogen) atoms. The average molecular weight is 234 g/mol. The van der Waals surface area contributed by atoms with Crippen LogP contribution in [0.5, 0.6) is 0 Å². The third-order valence-corrected chi connectivity index (χ3v) is 3.19. The highest BCUT2D eigenvalue weighted by molar-refractivity contribution is 7.99. The Kier molecular flexibility index (Phi) is 6.70. The lowest BCUT2D eigenvalue weighted by atomic mass is 10.2. The van der Waals surface area contributed by atoms with E-state index in [2.05, 4.69) is 18.7 Å². The van der Waals surface area contributed by atoms with E-state index in [-0.39, 0.29) is 6.10 Å². The van der Waals surface area contributed by atoms with Crippen molar-refractivity contribution in [2.75, 3.05) is 5.75 Å². The van der Waals surface area contributed by atoms with E-state index in [4.69, 9.17) is 0 Å². The topological polar surface area (TPSA) is 20.2 Å². The molecule has 0 aromatic heterocycles. The zero-order valence-electron chi connectivity index (χ0n) is 9.38. The van der Waals surface area contributed by atoms with Crippen molar-refractivity contribution in [3.8, 4) is 0 Å². The standard InChI is InChI=1S/C14H18OS/c1-2-3-5-8-13(15)11-12-16-14-9-6-4-7-10-14/h2-7,9-10,13,15H,1,8,11-12H2/b5-3+/t13-/m0/s1. The monoisotopic (exact) mass is 234 g/mol. The smallest absolute Gasteiger partial charge is 0.0582 e. The summed E-state index contributed by atoms with van der Waals surface area (Å²) >= 11 is 1.78. The molecule has 0 heterocycles. The van der Waals surface area contributed by atoms with Crippen LogP contribution >= 0.6 is 11.8 Å². The van der Waals surface area contributed by atoms with Gasteiger partial charge in [0.2, 0.25) is 0 Å². The summed E-state index contributed by atoms with van der Waals surface area (Å²) in [4.78, 5) is 1.26. The van der Waals surface area contributed by atoms with Crippen molar-refractivity contribution in [1.29, 1.82) is 0 Å². The van der Waals surface area contributed by atoms with Gasteiger partial charge in [-0.3, -0.25) is 0 Å². The first-order chi connectivity index (χ1) is 7.83. The normalized spacial score (nSPS) is 12.8. The Hall–Kier alpha value is -0.990. The van der Waals surface area contributed by atoms with Gasteiger partial charge in [0.05, 0.1) is 6.10 Å². The number of allylic oxidation sites excluding steroid dienone is 2. The molecule has 1 aromatic rings. The van der Waals surface area contributed by atoms with Gasteiger partial charge in [0, 0.05) is 10.6 Å². The number of hydrogen-bond acceptors (Lipinski definition) is 2. The molecule has 0 aliphatic carbocycles. The van der Waals surface area contributed by atoms with E-state index in [9.17, 15) is 5.11 Å². The molecule has 0 unspecified atom stereocenters. The van der Waals surface area contributed by atoms with Crippen molar-refractivity contribution in [2.24, 2.45) is 0 Å². The average Bonchev–Trinajstić information content (AvgIpc) is 2.31. The molecule has 2 heteroatoms. The van der Waals surface area contributed by atoms with Gasteiger partial charge in [-0.15, -0.1) is 11.8 Å². The minimum absolute atomic E-state index is 0.243. The summed E-state index contributed by atoms with van der Waals surface area (Å²) < 4.78 is 0. The van der Waals surface area contributed by atoms with Crippen LogP contribution < -0.4 is 0 Å². The van der Waals surface area contributed by atoms with Gasteiger partial charge >= 0.3 is 0 Å². The van der Waals surface area contributed by atoms with Crippen LogP contribution in [0.15, 0.2) is 60.0 Å². The van der Waals surface area contributed by atoms with Gasteiger partial charge in [0.1, 0.15) is 0 Å². The number of aliphatic hydroxyl groups excluding tert-OH is 1. The zero-order chi connectivity index (χ0) is 11.6. The highest BCUT2D eigenvalue weighted by atomic mass is 32.2. The molecule has 1 atom stereocenters. The first-order valence-corrected chi connectivity index (χ1v) is 6.45. The van der Waals surface area contributed by atoms with E-state index < -0.39 is 0 Å². The highest BCUT2D eigenvalue weighted by Gasteiger charge is 2.01. The Labute approximate surface area is 102 Å². The first kappa shape index (κ1) is 13.1. The van der Waals surface area contributed by atoms with Crippen molar-refractivity contribution >= 4 is 11.8 Å². The molecule has 0 fully saturated rings. The summed E-state index contributed by atoms with van der Waals surface area (Å²) in [5.41, 5.74) is 0. The Bertz CT molecular complexity index is 319. The van der Waals surface area contributed by atoms with Crippen LogP contribution in [0.4, 0.5) is 0 Å². The Morgan fingerprint density at radius 3 is 2.75 bits per heavy atom. The fourth-order valence-corrected chi connectivity index (χ4v) is 2.25. The molecule has 0 amide bonds. The lowest BCUT2D eigenvalue weighted by molar-refractivity contribution is 0.175. The predicted octanol–water partition coefficient (Wildman–Crippen LogP) is 3.66. The number of benzene rings is 1. The molecule has 1 N–H and O–H groups in total. The van der Waals surface area contributed by atoms with Crippen molar-refractivity contribution in [3.63, 3.8) is 0 Å². The maximum atomic E-state index is 9.65. The summed E-state index contributed by atoms with van der Waals surface area (Å²) in [6.45, 7) is 3.59. The molecule has 1 rings (SSSR count). The Morgan fingerprint density at radius 2 is 2.06 bits per heavy atom. The predicted molar refractivity (Wildman–Crippen MR) is 71.7 cm³/mol. The van der Waals surface area contributed by atoms with Gasteiger partial charge in [-0.2, -0.15) is 0 Å². The van der Waals surface area contributed by atoms with Crippen LogP contribution in [-0.2, 0) is 0 Å². The number of aliphatic hydroxyl groups is 1. The maximum Gasteiger partial charge on any atom is 0.0582 e. The third-order valence-electron chi connectivity index (χ3n) is 2.14. The van der Waals surface area contributed by atoms with Gasteiger partial charge in [0.25, 0.3) is 0 Å². The van der Waals surface area contributed by atoms with E-state index in [1.165, 1.54) is 4.90 Å². The van der Waals surface area contributed by atoms with Gasteiger partial charge < -0.3 is 5.11 Å². The van der Waals surface area contributed by atoms with E-state index >= 15 is 0 Å². The van der Waals surface area contributed by atoms with Crippen LogP contribution in [0.1, 0.15) is 12.8 Å². The van der Waals surface area contributed by atoms with E-state index in [0.717, 1.165) is 12.2 Å². The minimum atomic E-state index is -0.243. The molecule has 0 aliphatic heterocycles. The van der Waals surface area contributed by atoms with E-state index in [0.29, 0.717) is 6.42 Å². The van der Waals surface area contributed by atoms with Gasteiger partial charge in [-0.25, -0.2) is 0 Å². The second-order valence-corrected chi connectivity index (χ2v) is 4.67. The van der Waals surface area contributed by atoms with Crippen LogP contribution in [-0.4, -0.2) is 17.0 Å². The van der Waals surface area contributed by atoms with Crippen LogP contribution in [0, 0.1) is 0 Å². The SMILES string of the molecule is C=C/C=C/C[C@H](O)CCSc1ccccc1. The Morgan fingerprint density at radius 1 is 1.31 bits per heavy atom. The molecule has 1 nitrogen and oxygen atoms in total. The number of rotatable bonds is 7.